The molecule has 0 aromatic rings. The fraction of sp³-hybridized carbons (Fsp3) is 0.889. The van der Waals surface area contributed by atoms with Gasteiger partial charge >= 0.3 is 5.97 Å². The predicted octanol–water partition coefficient (Wildman–Crippen LogP) is 1.71. The van der Waals surface area contributed by atoms with E-state index in [1.807, 2.05) is 0 Å². The summed E-state index contributed by atoms with van der Waals surface area (Å²) in [6.07, 6.45) is 4.92. The largest absolute Gasteiger partial charge is 0.480 e. The van der Waals surface area contributed by atoms with Gasteiger partial charge in [0.15, 0.2) is 0 Å². The van der Waals surface area contributed by atoms with Crippen LogP contribution in [0.5, 0.6) is 0 Å². The summed E-state index contributed by atoms with van der Waals surface area (Å²) in [5.41, 5.74) is 5.34. The number of thioether (sulfide) groups is 1. The van der Waals surface area contributed by atoms with Crippen LogP contribution in [0.25, 0.3) is 0 Å². The lowest BCUT2D eigenvalue weighted by Gasteiger charge is -2.05. The summed E-state index contributed by atoms with van der Waals surface area (Å²) in [4.78, 5) is 10.3. The second-order valence-corrected chi connectivity index (χ2v) is 4.23. The van der Waals surface area contributed by atoms with Gasteiger partial charge in [0.2, 0.25) is 0 Å². The Labute approximate surface area is 84.1 Å². The standard InChI is InChI=1S/C9H19NO2S/c1-2-3-4-5-6-13-7-8(10)9(11)12/h8H,2-7,10H2,1H3,(H,11,12). The molecule has 0 fully saturated rings. The molecule has 3 N–H and O–H groups in total. The first kappa shape index (κ1) is 12.8. The summed E-state index contributed by atoms with van der Waals surface area (Å²) in [6.45, 7) is 2.17. The summed E-state index contributed by atoms with van der Waals surface area (Å²) in [6, 6.07) is -0.698. The van der Waals surface area contributed by atoms with Crippen LogP contribution < -0.4 is 5.73 Å². The van der Waals surface area contributed by atoms with Crippen LogP contribution in [0.3, 0.4) is 0 Å². The third-order valence-electron chi connectivity index (χ3n) is 1.76. The number of carboxylic acids is 1. The maximum atomic E-state index is 10.3. The highest BCUT2D eigenvalue weighted by atomic mass is 32.2. The topological polar surface area (TPSA) is 63.3 Å². The molecule has 0 bridgehead atoms. The second-order valence-electron chi connectivity index (χ2n) is 3.08. The Hall–Kier alpha value is -0.220. The number of carbonyl (C=O) groups is 1. The van der Waals surface area contributed by atoms with E-state index in [2.05, 4.69) is 6.92 Å². The smallest absolute Gasteiger partial charge is 0.321 e. The summed E-state index contributed by atoms with van der Waals surface area (Å²) in [5, 5.41) is 8.48. The number of carboxylic acid groups (broad SMARTS) is 1. The minimum atomic E-state index is -0.902. The average molecular weight is 205 g/mol. The summed E-state index contributed by atoms with van der Waals surface area (Å²) < 4.78 is 0. The molecule has 13 heavy (non-hydrogen) atoms. The van der Waals surface area contributed by atoms with Crippen molar-refractivity contribution in [3.05, 3.63) is 0 Å². The number of hydrogen-bond acceptors (Lipinski definition) is 3. The van der Waals surface area contributed by atoms with Crippen LogP contribution in [0, 0.1) is 0 Å². The lowest BCUT2D eigenvalue weighted by Crippen LogP contribution is -2.32. The Kier molecular flexibility index (Phi) is 8.24. The molecule has 1 atom stereocenters. The van der Waals surface area contributed by atoms with E-state index in [9.17, 15) is 4.79 Å². The number of nitrogens with two attached hydrogens (primary N) is 1. The van der Waals surface area contributed by atoms with Crippen molar-refractivity contribution < 1.29 is 9.90 Å². The molecule has 0 radical (unpaired) electrons. The highest BCUT2D eigenvalue weighted by Crippen LogP contribution is 2.08. The van der Waals surface area contributed by atoms with Crippen molar-refractivity contribution in [2.45, 2.75) is 38.6 Å². The lowest BCUT2D eigenvalue weighted by molar-refractivity contribution is -0.137. The van der Waals surface area contributed by atoms with Crippen molar-refractivity contribution in [2.24, 2.45) is 5.73 Å². The normalized spacial score (nSPS) is 12.8. The molecule has 0 aromatic carbocycles. The summed E-state index contributed by atoms with van der Waals surface area (Å²) >= 11 is 1.63. The van der Waals surface area contributed by atoms with Crippen molar-refractivity contribution in [3.63, 3.8) is 0 Å². The molecule has 0 aromatic heterocycles. The van der Waals surface area contributed by atoms with Crippen LogP contribution in [0.15, 0.2) is 0 Å². The molecule has 0 heterocycles. The number of hydrogen-bond donors (Lipinski definition) is 2. The van der Waals surface area contributed by atoms with E-state index < -0.39 is 12.0 Å². The maximum Gasteiger partial charge on any atom is 0.321 e. The molecular formula is C9H19NO2S. The first-order chi connectivity index (χ1) is 6.18. The Morgan fingerprint density at radius 3 is 2.69 bits per heavy atom. The van der Waals surface area contributed by atoms with Gasteiger partial charge in [-0.05, 0) is 12.2 Å². The van der Waals surface area contributed by atoms with Crippen LogP contribution >= 0.6 is 11.8 Å². The molecule has 0 aliphatic carbocycles. The van der Waals surface area contributed by atoms with Gasteiger partial charge in [-0.25, -0.2) is 0 Å². The molecule has 4 heteroatoms. The van der Waals surface area contributed by atoms with Gasteiger partial charge in [-0.3, -0.25) is 4.79 Å². The predicted molar refractivity (Wildman–Crippen MR) is 57.1 cm³/mol. The third kappa shape index (κ3) is 8.12. The van der Waals surface area contributed by atoms with Gasteiger partial charge in [0, 0.05) is 5.75 Å². The molecule has 3 nitrogen and oxygen atoms in total. The van der Waals surface area contributed by atoms with Gasteiger partial charge < -0.3 is 10.8 Å². The molecule has 0 spiro atoms. The van der Waals surface area contributed by atoms with Crippen molar-refractivity contribution in [1.82, 2.24) is 0 Å². The zero-order valence-corrected chi connectivity index (χ0v) is 8.98. The van der Waals surface area contributed by atoms with E-state index in [4.69, 9.17) is 10.8 Å². The van der Waals surface area contributed by atoms with Gasteiger partial charge in [0.05, 0.1) is 0 Å². The monoisotopic (exact) mass is 205 g/mol. The molecule has 0 amide bonds. The minimum Gasteiger partial charge on any atom is -0.480 e. The number of rotatable bonds is 8. The highest BCUT2D eigenvalue weighted by molar-refractivity contribution is 7.99. The number of unbranched alkanes of at least 4 members (excludes halogenated alkanes) is 3. The van der Waals surface area contributed by atoms with Crippen LogP contribution in [0.4, 0.5) is 0 Å². The van der Waals surface area contributed by atoms with Gasteiger partial charge in [-0.1, -0.05) is 26.2 Å². The Morgan fingerprint density at radius 1 is 1.46 bits per heavy atom. The lowest BCUT2D eigenvalue weighted by atomic mass is 10.2. The fourth-order valence-corrected chi connectivity index (χ4v) is 1.88. The van der Waals surface area contributed by atoms with Crippen LogP contribution in [0.2, 0.25) is 0 Å². The third-order valence-corrected chi connectivity index (χ3v) is 2.93. The molecule has 0 aliphatic heterocycles. The van der Waals surface area contributed by atoms with Gasteiger partial charge in [-0.2, -0.15) is 11.8 Å². The van der Waals surface area contributed by atoms with Gasteiger partial charge in [-0.15, -0.1) is 0 Å². The summed E-state index contributed by atoms with van der Waals surface area (Å²) in [5.74, 6) is 0.656. The molecule has 1 unspecified atom stereocenters. The zero-order chi connectivity index (χ0) is 10.1. The van der Waals surface area contributed by atoms with E-state index in [0.717, 1.165) is 5.75 Å². The maximum absolute atomic E-state index is 10.3. The number of aliphatic carboxylic acids is 1. The highest BCUT2D eigenvalue weighted by Gasteiger charge is 2.09. The molecule has 0 saturated heterocycles. The van der Waals surface area contributed by atoms with Crippen molar-refractivity contribution >= 4 is 17.7 Å². The Bertz CT molecular complexity index is 142. The molecule has 0 saturated carbocycles. The summed E-state index contributed by atoms with van der Waals surface area (Å²) in [7, 11) is 0. The second kappa shape index (κ2) is 8.38. The van der Waals surface area contributed by atoms with E-state index >= 15 is 0 Å². The fourth-order valence-electron chi connectivity index (χ4n) is 0.912. The van der Waals surface area contributed by atoms with Crippen molar-refractivity contribution in [1.29, 1.82) is 0 Å². The van der Waals surface area contributed by atoms with E-state index in [-0.39, 0.29) is 0 Å². The minimum absolute atomic E-state index is 0.529. The SMILES string of the molecule is CCCCCCSCC(N)C(=O)O. The molecule has 0 aliphatic rings. The average Bonchev–Trinajstić information content (AvgIpc) is 2.10. The first-order valence-electron chi connectivity index (χ1n) is 4.74. The Balaban J connectivity index is 3.11. The molecule has 78 valence electrons. The van der Waals surface area contributed by atoms with Crippen molar-refractivity contribution in [2.75, 3.05) is 11.5 Å². The molecule has 0 rings (SSSR count). The zero-order valence-electron chi connectivity index (χ0n) is 8.16. The van der Waals surface area contributed by atoms with Crippen LogP contribution in [-0.2, 0) is 4.79 Å². The molecular weight excluding hydrogens is 186 g/mol. The quantitative estimate of drug-likeness (QED) is 0.592. The van der Waals surface area contributed by atoms with Crippen LogP contribution in [-0.4, -0.2) is 28.6 Å². The first-order valence-corrected chi connectivity index (χ1v) is 5.90. The Morgan fingerprint density at radius 2 is 2.15 bits per heavy atom. The van der Waals surface area contributed by atoms with E-state index in [0.29, 0.717) is 5.75 Å². The van der Waals surface area contributed by atoms with Crippen molar-refractivity contribution in [3.8, 4) is 0 Å². The van der Waals surface area contributed by atoms with E-state index in [1.165, 1.54) is 25.7 Å². The van der Waals surface area contributed by atoms with E-state index in [1.54, 1.807) is 11.8 Å². The van der Waals surface area contributed by atoms with Crippen LogP contribution in [0.1, 0.15) is 32.6 Å². The van der Waals surface area contributed by atoms with Gasteiger partial charge in [0.1, 0.15) is 6.04 Å². The van der Waals surface area contributed by atoms with Gasteiger partial charge in [0.25, 0.3) is 0 Å².